The third-order valence-corrected chi connectivity index (χ3v) is 5.67. The summed E-state index contributed by atoms with van der Waals surface area (Å²) in [5.74, 6) is 2.36. The topological polar surface area (TPSA) is 32.5 Å². The van der Waals surface area contributed by atoms with Crippen molar-refractivity contribution in [3.63, 3.8) is 0 Å². The Balaban J connectivity index is 1.48. The Bertz CT molecular complexity index is 282. The molecule has 110 valence electrons. The van der Waals surface area contributed by atoms with E-state index in [1.54, 1.807) is 0 Å². The van der Waals surface area contributed by atoms with E-state index >= 15 is 0 Å². The molecule has 19 heavy (non-hydrogen) atoms. The van der Waals surface area contributed by atoms with E-state index in [0.717, 1.165) is 23.8 Å². The molecule has 3 heteroatoms. The lowest BCUT2D eigenvalue weighted by Gasteiger charge is -2.42. The van der Waals surface area contributed by atoms with Crippen LogP contribution in [0.2, 0.25) is 0 Å². The number of hydrogen-bond acceptors (Lipinski definition) is 3. The lowest BCUT2D eigenvalue weighted by atomic mass is 9.72. The Morgan fingerprint density at radius 1 is 1.00 bits per heavy atom. The van der Waals surface area contributed by atoms with Crippen LogP contribution in [0, 0.1) is 17.8 Å². The Morgan fingerprint density at radius 2 is 1.68 bits per heavy atom. The van der Waals surface area contributed by atoms with Crippen molar-refractivity contribution < 1.29 is 0 Å². The smallest absolute Gasteiger partial charge is 0.0113 e. The Labute approximate surface area is 118 Å². The van der Waals surface area contributed by atoms with Crippen LogP contribution >= 0.6 is 0 Å². The minimum atomic E-state index is 0.431. The molecule has 1 saturated heterocycles. The molecule has 0 spiro atoms. The summed E-state index contributed by atoms with van der Waals surface area (Å²) in [7, 11) is 0. The molecule has 0 bridgehead atoms. The van der Waals surface area contributed by atoms with Crippen LogP contribution in [0.1, 0.15) is 39.5 Å². The highest BCUT2D eigenvalue weighted by Gasteiger charge is 2.35. The molecule has 1 aliphatic heterocycles. The van der Waals surface area contributed by atoms with Gasteiger partial charge >= 0.3 is 0 Å². The number of piperazine rings is 1. The highest BCUT2D eigenvalue weighted by atomic mass is 15.3. The van der Waals surface area contributed by atoms with Gasteiger partial charge in [-0.25, -0.2) is 0 Å². The molecule has 2 N–H and O–H groups in total. The fourth-order valence-electron chi connectivity index (χ4n) is 4.33. The van der Waals surface area contributed by atoms with Crippen molar-refractivity contribution in [1.82, 2.24) is 9.80 Å². The van der Waals surface area contributed by atoms with Crippen molar-refractivity contribution in [1.29, 1.82) is 0 Å². The first-order valence-corrected chi connectivity index (χ1v) is 8.35. The van der Waals surface area contributed by atoms with Crippen LogP contribution in [0.3, 0.4) is 0 Å². The van der Waals surface area contributed by atoms with Gasteiger partial charge in [0.1, 0.15) is 0 Å². The molecular weight excluding hydrogens is 234 g/mol. The number of hydrogen-bond donors (Lipinski definition) is 1. The maximum Gasteiger partial charge on any atom is 0.0113 e. The first-order chi connectivity index (χ1) is 9.13. The third kappa shape index (κ3) is 3.32. The second-order valence-electron chi connectivity index (χ2n) is 7.45. The third-order valence-electron chi connectivity index (χ3n) is 5.67. The Hall–Kier alpha value is -0.120. The van der Waals surface area contributed by atoms with Gasteiger partial charge in [0, 0.05) is 44.8 Å². The molecule has 2 saturated carbocycles. The molecule has 0 aromatic heterocycles. The second-order valence-corrected chi connectivity index (χ2v) is 7.45. The summed E-state index contributed by atoms with van der Waals surface area (Å²) in [6.07, 6.45) is 5.50. The fraction of sp³-hybridized carbons (Fsp3) is 1.00. The molecule has 3 aliphatic rings. The zero-order valence-corrected chi connectivity index (χ0v) is 12.7. The van der Waals surface area contributed by atoms with Crippen LogP contribution in [-0.2, 0) is 0 Å². The average Bonchev–Trinajstić information content (AvgIpc) is 3.19. The summed E-state index contributed by atoms with van der Waals surface area (Å²) in [6.45, 7) is 11.1. The van der Waals surface area contributed by atoms with E-state index < -0.39 is 0 Å². The predicted octanol–water partition coefficient (Wildman–Crippen LogP) is 1.78. The van der Waals surface area contributed by atoms with E-state index in [4.69, 9.17) is 5.73 Å². The van der Waals surface area contributed by atoms with Crippen LogP contribution in [0.5, 0.6) is 0 Å². The maximum atomic E-state index is 6.43. The first kappa shape index (κ1) is 13.8. The van der Waals surface area contributed by atoms with Gasteiger partial charge in [0.15, 0.2) is 0 Å². The maximum absolute atomic E-state index is 6.43. The molecule has 0 radical (unpaired) electrons. The highest BCUT2D eigenvalue weighted by molar-refractivity contribution is 4.91. The van der Waals surface area contributed by atoms with Crippen LogP contribution in [0.25, 0.3) is 0 Å². The quantitative estimate of drug-likeness (QED) is 0.844. The first-order valence-electron chi connectivity index (χ1n) is 8.35. The normalized spacial score (nSPS) is 42.5. The van der Waals surface area contributed by atoms with Crippen molar-refractivity contribution in [3.8, 4) is 0 Å². The highest BCUT2D eigenvalue weighted by Crippen LogP contribution is 2.34. The van der Waals surface area contributed by atoms with Gasteiger partial charge in [-0.2, -0.15) is 0 Å². The van der Waals surface area contributed by atoms with Gasteiger partial charge in [-0.3, -0.25) is 4.90 Å². The van der Waals surface area contributed by atoms with E-state index in [2.05, 4.69) is 23.6 Å². The summed E-state index contributed by atoms with van der Waals surface area (Å²) >= 11 is 0. The molecule has 0 amide bonds. The molecule has 4 atom stereocenters. The summed E-state index contributed by atoms with van der Waals surface area (Å²) in [5, 5.41) is 0. The van der Waals surface area contributed by atoms with Gasteiger partial charge in [-0.1, -0.05) is 13.8 Å². The minimum Gasteiger partial charge on any atom is -0.327 e. The molecule has 3 nitrogen and oxygen atoms in total. The summed E-state index contributed by atoms with van der Waals surface area (Å²) in [4.78, 5) is 5.37. The largest absolute Gasteiger partial charge is 0.327 e. The molecule has 0 aromatic rings. The van der Waals surface area contributed by atoms with Crippen molar-refractivity contribution in [2.24, 2.45) is 23.5 Å². The lowest BCUT2D eigenvalue weighted by Crippen LogP contribution is -2.52. The molecule has 3 rings (SSSR count). The zero-order valence-electron chi connectivity index (χ0n) is 12.7. The van der Waals surface area contributed by atoms with E-state index in [9.17, 15) is 0 Å². The molecule has 4 unspecified atom stereocenters. The van der Waals surface area contributed by atoms with Crippen LogP contribution in [-0.4, -0.2) is 54.6 Å². The van der Waals surface area contributed by atoms with Gasteiger partial charge in [0.25, 0.3) is 0 Å². The van der Waals surface area contributed by atoms with E-state index in [-0.39, 0.29) is 0 Å². The number of nitrogens with zero attached hydrogens (tertiary/aromatic N) is 2. The van der Waals surface area contributed by atoms with E-state index in [0.29, 0.717) is 6.04 Å². The lowest BCUT2D eigenvalue weighted by molar-refractivity contribution is 0.0745. The Kier molecular flexibility index (Phi) is 4.16. The van der Waals surface area contributed by atoms with Gasteiger partial charge < -0.3 is 10.6 Å². The van der Waals surface area contributed by atoms with Gasteiger partial charge in [0.2, 0.25) is 0 Å². The van der Waals surface area contributed by atoms with Gasteiger partial charge in [-0.15, -0.1) is 0 Å². The fourth-order valence-corrected chi connectivity index (χ4v) is 4.33. The monoisotopic (exact) mass is 265 g/mol. The second kappa shape index (κ2) is 5.71. The van der Waals surface area contributed by atoms with Crippen LogP contribution < -0.4 is 5.73 Å². The summed E-state index contributed by atoms with van der Waals surface area (Å²) in [6, 6.07) is 1.37. The van der Waals surface area contributed by atoms with Crippen molar-refractivity contribution in [3.05, 3.63) is 0 Å². The van der Waals surface area contributed by atoms with Crippen LogP contribution in [0.4, 0.5) is 0 Å². The molecule has 0 aromatic carbocycles. The summed E-state index contributed by atoms with van der Waals surface area (Å²) in [5.41, 5.74) is 6.43. The molecular formula is C16H31N3. The van der Waals surface area contributed by atoms with E-state index in [1.165, 1.54) is 58.4 Å². The number of rotatable bonds is 3. The minimum absolute atomic E-state index is 0.431. The summed E-state index contributed by atoms with van der Waals surface area (Å²) < 4.78 is 0. The Morgan fingerprint density at radius 3 is 2.26 bits per heavy atom. The van der Waals surface area contributed by atoms with Crippen LogP contribution in [0.15, 0.2) is 0 Å². The van der Waals surface area contributed by atoms with Crippen molar-refractivity contribution in [2.45, 2.75) is 51.6 Å². The van der Waals surface area contributed by atoms with Crippen molar-refractivity contribution in [2.75, 3.05) is 32.7 Å². The average molecular weight is 265 g/mol. The van der Waals surface area contributed by atoms with E-state index in [1.807, 2.05) is 0 Å². The number of nitrogens with two attached hydrogens (primary N) is 1. The van der Waals surface area contributed by atoms with Gasteiger partial charge in [-0.05, 0) is 43.4 Å². The SMILES string of the molecule is CC1CC(C)C(CN2CCN(C3CC3)CC2)C(N)C1. The predicted molar refractivity (Wildman–Crippen MR) is 80.1 cm³/mol. The van der Waals surface area contributed by atoms with Gasteiger partial charge in [0.05, 0.1) is 0 Å². The van der Waals surface area contributed by atoms with Crippen molar-refractivity contribution >= 4 is 0 Å². The standard InChI is InChI=1S/C16H31N3/c1-12-9-13(2)15(16(17)10-12)11-18-5-7-19(8-6-18)14-3-4-14/h12-16H,3-11,17H2,1-2H3. The molecule has 2 aliphatic carbocycles. The zero-order chi connectivity index (χ0) is 13.4. The molecule has 3 fully saturated rings. The molecule has 1 heterocycles.